The van der Waals surface area contributed by atoms with Crippen molar-refractivity contribution in [3.8, 4) is 0 Å². The van der Waals surface area contributed by atoms with Crippen LogP contribution in [0.5, 0.6) is 0 Å². The van der Waals surface area contributed by atoms with E-state index in [-0.39, 0.29) is 0 Å². The molecule has 1 N–H and O–H groups in total. The molecule has 0 saturated heterocycles. The summed E-state index contributed by atoms with van der Waals surface area (Å²) >= 11 is 0. The largest absolute Gasteiger partial charge is 0.334 e. The molecule has 1 heterocycles. The van der Waals surface area contributed by atoms with Crippen LogP contribution in [-0.2, 0) is 26.2 Å². The third-order valence-corrected chi connectivity index (χ3v) is 3.35. The highest BCUT2D eigenvalue weighted by atomic mass is 15.1. The highest BCUT2D eigenvalue weighted by Gasteiger charge is 2.04. The predicted octanol–water partition coefficient (Wildman–Crippen LogP) is 2.25. The van der Waals surface area contributed by atoms with Gasteiger partial charge in [0.25, 0.3) is 0 Å². The van der Waals surface area contributed by atoms with Crippen LogP contribution in [0.4, 0.5) is 0 Å². The fourth-order valence-corrected chi connectivity index (χ4v) is 2.33. The molecular weight excluding hydrogens is 248 g/mol. The Bertz CT molecular complexity index is 531. The number of aryl methyl sites for hydroxylation is 1. The van der Waals surface area contributed by atoms with Crippen molar-refractivity contribution >= 4 is 0 Å². The maximum absolute atomic E-state index is 4.38. The molecule has 0 bridgehead atoms. The molecule has 2 rings (SSSR count). The minimum Gasteiger partial charge on any atom is -0.334 e. The summed E-state index contributed by atoms with van der Waals surface area (Å²) in [5, 5.41) is 3.49. The molecule has 2 aromatic rings. The number of benzene rings is 1. The van der Waals surface area contributed by atoms with Crippen LogP contribution in [0.3, 0.4) is 0 Å². The summed E-state index contributed by atoms with van der Waals surface area (Å²) in [7, 11) is 4.20. The maximum atomic E-state index is 4.38. The van der Waals surface area contributed by atoms with Crippen LogP contribution < -0.4 is 5.32 Å². The first-order valence-electron chi connectivity index (χ1n) is 7.13. The van der Waals surface area contributed by atoms with Crippen LogP contribution >= 0.6 is 0 Å². The van der Waals surface area contributed by atoms with Gasteiger partial charge in [0.1, 0.15) is 5.82 Å². The molecule has 0 radical (unpaired) electrons. The van der Waals surface area contributed by atoms with Crippen molar-refractivity contribution in [1.82, 2.24) is 19.8 Å². The minimum absolute atomic E-state index is 0.803. The first-order chi connectivity index (χ1) is 9.70. The van der Waals surface area contributed by atoms with Crippen molar-refractivity contribution in [1.29, 1.82) is 0 Å². The molecule has 0 amide bonds. The van der Waals surface area contributed by atoms with Gasteiger partial charge in [-0.2, -0.15) is 0 Å². The zero-order chi connectivity index (χ0) is 14.4. The Labute approximate surface area is 121 Å². The first kappa shape index (κ1) is 14.8. The molecule has 0 aliphatic heterocycles. The standard InChI is InChI=1S/C16H24N4/c1-4-20-10-9-18-16(20)12-17-11-14-7-5-6-8-15(14)13-19(2)3/h5-10,17H,4,11-13H2,1-3H3. The first-order valence-corrected chi connectivity index (χ1v) is 7.13. The van der Waals surface area contributed by atoms with Crippen molar-refractivity contribution < 1.29 is 0 Å². The van der Waals surface area contributed by atoms with Crippen molar-refractivity contribution in [3.05, 3.63) is 53.6 Å². The quantitative estimate of drug-likeness (QED) is 0.839. The Hall–Kier alpha value is -1.65. The Morgan fingerprint density at radius 1 is 1.15 bits per heavy atom. The molecule has 108 valence electrons. The van der Waals surface area contributed by atoms with E-state index in [2.05, 4.69) is 65.1 Å². The lowest BCUT2D eigenvalue weighted by atomic mass is 10.1. The molecule has 0 fully saturated rings. The zero-order valence-electron chi connectivity index (χ0n) is 12.6. The van der Waals surface area contributed by atoms with Crippen LogP contribution in [0.2, 0.25) is 0 Å². The second kappa shape index (κ2) is 7.22. The van der Waals surface area contributed by atoms with E-state index in [0.29, 0.717) is 0 Å². The van der Waals surface area contributed by atoms with Gasteiger partial charge >= 0.3 is 0 Å². The van der Waals surface area contributed by atoms with E-state index in [4.69, 9.17) is 0 Å². The average Bonchev–Trinajstić information content (AvgIpc) is 2.87. The van der Waals surface area contributed by atoms with E-state index >= 15 is 0 Å². The lowest BCUT2D eigenvalue weighted by Gasteiger charge is -2.14. The molecule has 4 nitrogen and oxygen atoms in total. The second-order valence-electron chi connectivity index (χ2n) is 5.24. The monoisotopic (exact) mass is 272 g/mol. The lowest BCUT2D eigenvalue weighted by molar-refractivity contribution is 0.400. The van der Waals surface area contributed by atoms with Gasteiger partial charge in [-0.25, -0.2) is 4.98 Å². The molecule has 0 spiro atoms. The summed E-state index contributed by atoms with van der Waals surface area (Å²) < 4.78 is 2.17. The van der Waals surface area contributed by atoms with Gasteiger partial charge in [-0.05, 0) is 32.1 Å². The van der Waals surface area contributed by atoms with E-state index < -0.39 is 0 Å². The summed E-state index contributed by atoms with van der Waals surface area (Å²) in [4.78, 5) is 6.58. The smallest absolute Gasteiger partial charge is 0.122 e. The molecule has 20 heavy (non-hydrogen) atoms. The average molecular weight is 272 g/mol. The van der Waals surface area contributed by atoms with Crippen molar-refractivity contribution in [2.45, 2.75) is 33.1 Å². The SMILES string of the molecule is CCn1ccnc1CNCc1ccccc1CN(C)C. The highest BCUT2D eigenvalue weighted by molar-refractivity contribution is 5.26. The van der Waals surface area contributed by atoms with Gasteiger partial charge in [0.15, 0.2) is 0 Å². The number of hydrogen-bond donors (Lipinski definition) is 1. The lowest BCUT2D eigenvalue weighted by Crippen LogP contribution is -2.19. The minimum atomic E-state index is 0.803. The van der Waals surface area contributed by atoms with Crippen molar-refractivity contribution in [2.24, 2.45) is 0 Å². The Morgan fingerprint density at radius 2 is 1.90 bits per heavy atom. The van der Waals surface area contributed by atoms with Crippen LogP contribution in [0, 0.1) is 0 Å². The molecule has 0 aliphatic carbocycles. The molecule has 1 aromatic heterocycles. The van der Waals surface area contributed by atoms with Crippen LogP contribution in [0.15, 0.2) is 36.7 Å². The van der Waals surface area contributed by atoms with Gasteiger partial charge in [-0.1, -0.05) is 24.3 Å². The Morgan fingerprint density at radius 3 is 2.60 bits per heavy atom. The third-order valence-electron chi connectivity index (χ3n) is 3.35. The van der Waals surface area contributed by atoms with Gasteiger partial charge in [0, 0.05) is 32.0 Å². The summed E-state index contributed by atoms with van der Waals surface area (Å²) in [6.45, 7) is 5.75. The molecule has 0 aliphatic rings. The molecule has 0 unspecified atom stereocenters. The van der Waals surface area contributed by atoms with Crippen molar-refractivity contribution in [3.63, 3.8) is 0 Å². The van der Waals surface area contributed by atoms with Crippen LogP contribution in [0.1, 0.15) is 23.9 Å². The highest BCUT2D eigenvalue weighted by Crippen LogP contribution is 2.10. The normalized spacial score (nSPS) is 11.2. The Balaban J connectivity index is 1.94. The number of aromatic nitrogens is 2. The topological polar surface area (TPSA) is 33.1 Å². The van der Waals surface area contributed by atoms with Gasteiger partial charge in [0.2, 0.25) is 0 Å². The molecular formula is C16H24N4. The molecule has 0 atom stereocenters. The van der Waals surface area contributed by atoms with Gasteiger partial charge < -0.3 is 14.8 Å². The fraction of sp³-hybridized carbons (Fsp3) is 0.438. The van der Waals surface area contributed by atoms with E-state index in [1.807, 2.05) is 12.4 Å². The number of rotatable bonds is 7. The third kappa shape index (κ3) is 3.92. The molecule has 0 saturated carbocycles. The number of nitrogens with one attached hydrogen (secondary N) is 1. The van der Waals surface area contributed by atoms with Crippen LogP contribution in [-0.4, -0.2) is 28.5 Å². The summed E-state index contributed by atoms with van der Waals surface area (Å²) in [5.41, 5.74) is 2.74. The maximum Gasteiger partial charge on any atom is 0.122 e. The van der Waals surface area contributed by atoms with E-state index in [9.17, 15) is 0 Å². The molecule has 1 aromatic carbocycles. The van der Waals surface area contributed by atoms with E-state index in [0.717, 1.165) is 32.0 Å². The number of imidazole rings is 1. The summed E-state index contributed by atoms with van der Waals surface area (Å²) in [5.74, 6) is 1.09. The Kier molecular flexibility index (Phi) is 5.32. The van der Waals surface area contributed by atoms with Gasteiger partial charge in [0.05, 0.1) is 6.54 Å². The second-order valence-corrected chi connectivity index (χ2v) is 5.24. The van der Waals surface area contributed by atoms with Gasteiger partial charge in [-0.3, -0.25) is 0 Å². The number of nitrogens with zero attached hydrogens (tertiary/aromatic N) is 3. The zero-order valence-corrected chi connectivity index (χ0v) is 12.6. The van der Waals surface area contributed by atoms with E-state index in [1.54, 1.807) is 0 Å². The fourth-order valence-electron chi connectivity index (χ4n) is 2.33. The van der Waals surface area contributed by atoms with Crippen LogP contribution in [0.25, 0.3) is 0 Å². The van der Waals surface area contributed by atoms with E-state index in [1.165, 1.54) is 11.1 Å². The number of hydrogen-bond acceptors (Lipinski definition) is 3. The summed E-state index contributed by atoms with van der Waals surface area (Å²) in [6.07, 6.45) is 3.89. The predicted molar refractivity (Wildman–Crippen MR) is 82.3 cm³/mol. The van der Waals surface area contributed by atoms with Crippen molar-refractivity contribution in [2.75, 3.05) is 14.1 Å². The summed E-state index contributed by atoms with van der Waals surface area (Å²) in [6, 6.07) is 8.59. The molecule has 4 heteroatoms. The van der Waals surface area contributed by atoms with Gasteiger partial charge in [-0.15, -0.1) is 0 Å².